The average Bonchev–Trinajstić information content (AvgIpc) is 2.45. The van der Waals surface area contributed by atoms with Gasteiger partial charge in [-0.2, -0.15) is 8.42 Å². The lowest BCUT2D eigenvalue weighted by molar-refractivity contribution is 0.0924. The molecule has 0 N–H and O–H groups in total. The predicted molar refractivity (Wildman–Crippen MR) is 82.8 cm³/mol. The van der Waals surface area contributed by atoms with Gasteiger partial charge < -0.3 is 0 Å². The zero-order chi connectivity index (χ0) is 15.5. The minimum absolute atomic E-state index is 0.0372. The van der Waals surface area contributed by atoms with Crippen molar-refractivity contribution in [3.8, 4) is 0 Å². The predicted octanol–water partition coefficient (Wildman–Crippen LogP) is 3.35. The number of carbonyl (C=O) groups is 1. The van der Waals surface area contributed by atoms with E-state index in [4.69, 9.17) is 4.18 Å². The molecule has 0 aliphatic heterocycles. The van der Waals surface area contributed by atoms with Crippen LogP contribution in [0.25, 0.3) is 0 Å². The molecule has 0 amide bonds. The van der Waals surface area contributed by atoms with Gasteiger partial charge >= 0.3 is 0 Å². The van der Waals surface area contributed by atoms with E-state index >= 15 is 0 Å². The molecule has 0 fully saturated rings. The third kappa shape index (κ3) is 4.23. The summed E-state index contributed by atoms with van der Waals surface area (Å²) in [7, 11) is -3.92. The second-order valence-corrected chi connectivity index (χ2v) is 6.99. The molecule has 0 unspecified atom stereocenters. The number of ketones is 1. The lowest BCUT2D eigenvalue weighted by Gasteiger charge is -2.06. The molecule has 110 valence electrons. The maximum Gasteiger partial charge on any atom is 0.297 e. The monoisotopic (exact) mass is 368 g/mol. The molecule has 0 atom stereocenters. The van der Waals surface area contributed by atoms with Crippen LogP contribution >= 0.6 is 15.9 Å². The molecular formula is C15H13BrO4S. The molecule has 0 aliphatic rings. The van der Waals surface area contributed by atoms with Crippen molar-refractivity contribution in [1.29, 1.82) is 0 Å². The standard InChI is InChI=1S/C15H13BrO4S/c1-11-5-7-14(8-6-11)21(18,19)20-10-15(17)12-3-2-4-13(16)9-12/h2-9H,10H2,1H3. The second kappa shape index (κ2) is 6.51. The van der Waals surface area contributed by atoms with E-state index in [0.29, 0.717) is 5.56 Å². The minimum Gasteiger partial charge on any atom is -0.291 e. The highest BCUT2D eigenvalue weighted by Gasteiger charge is 2.17. The van der Waals surface area contributed by atoms with Crippen LogP contribution < -0.4 is 0 Å². The van der Waals surface area contributed by atoms with Gasteiger partial charge in [0.25, 0.3) is 10.1 Å². The maximum absolute atomic E-state index is 12.0. The second-order valence-electron chi connectivity index (χ2n) is 4.46. The molecule has 21 heavy (non-hydrogen) atoms. The molecule has 2 aromatic carbocycles. The molecular weight excluding hydrogens is 356 g/mol. The summed E-state index contributed by atoms with van der Waals surface area (Å²) in [5.74, 6) is -0.396. The van der Waals surface area contributed by atoms with Gasteiger partial charge in [0.2, 0.25) is 0 Å². The Bertz CT molecular complexity index is 751. The van der Waals surface area contributed by atoms with Crippen molar-refractivity contribution in [2.24, 2.45) is 0 Å². The van der Waals surface area contributed by atoms with Crippen molar-refractivity contribution in [2.75, 3.05) is 6.61 Å². The van der Waals surface area contributed by atoms with Crippen molar-refractivity contribution < 1.29 is 17.4 Å². The van der Waals surface area contributed by atoms with Crippen LogP contribution in [-0.4, -0.2) is 20.8 Å². The molecule has 0 radical (unpaired) electrons. The van der Waals surface area contributed by atoms with Crippen molar-refractivity contribution >= 4 is 31.8 Å². The van der Waals surface area contributed by atoms with Gasteiger partial charge in [-0.05, 0) is 31.2 Å². The average molecular weight is 369 g/mol. The summed E-state index contributed by atoms with van der Waals surface area (Å²) >= 11 is 3.25. The number of carbonyl (C=O) groups excluding carboxylic acids is 1. The Balaban J connectivity index is 2.08. The number of hydrogen-bond donors (Lipinski definition) is 0. The summed E-state index contributed by atoms with van der Waals surface area (Å²) in [4.78, 5) is 12.0. The van der Waals surface area contributed by atoms with E-state index in [2.05, 4.69) is 15.9 Å². The van der Waals surface area contributed by atoms with Crippen molar-refractivity contribution in [2.45, 2.75) is 11.8 Å². The molecule has 2 aromatic rings. The van der Waals surface area contributed by atoms with E-state index in [0.717, 1.165) is 10.0 Å². The highest BCUT2D eigenvalue weighted by atomic mass is 79.9. The van der Waals surface area contributed by atoms with Crippen molar-refractivity contribution in [1.82, 2.24) is 0 Å². The summed E-state index contributed by atoms with van der Waals surface area (Å²) in [6, 6.07) is 13.0. The fourth-order valence-electron chi connectivity index (χ4n) is 1.65. The van der Waals surface area contributed by atoms with E-state index < -0.39 is 22.5 Å². The first-order chi connectivity index (χ1) is 9.88. The van der Waals surface area contributed by atoms with Gasteiger partial charge in [0, 0.05) is 10.0 Å². The largest absolute Gasteiger partial charge is 0.297 e. The van der Waals surface area contributed by atoms with E-state index in [9.17, 15) is 13.2 Å². The van der Waals surface area contributed by atoms with Crippen molar-refractivity contribution in [3.05, 3.63) is 64.1 Å². The molecule has 0 saturated carbocycles. The summed E-state index contributed by atoms with van der Waals surface area (Å²) in [5.41, 5.74) is 1.34. The highest BCUT2D eigenvalue weighted by molar-refractivity contribution is 9.10. The maximum atomic E-state index is 12.0. The van der Waals surface area contributed by atoms with Gasteiger partial charge in [-0.3, -0.25) is 8.98 Å². The van der Waals surface area contributed by atoms with Gasteiger partial charge in [0.1, 0.15) is 6.61 Å². The van der Waals surface area contributed by atoms with Gasteiger partial charge in [0.15, 0.2) is 5.78 Å². The lowest BCUT2D eigenvalue weighted by atomic mass is 10.1. The van der Waals surface area contributed by atoms with Gasteiger partial charge in [-0.1, -0.05) is 45.8 Å². The molecule has 0 spiro atoms. The Kier molecular flexibility index (Phi) is 4.92. The number of halogens is 1. The zero-order valence-electron chi connectivity index (χ0n) is 11.2. The first-order valence-corrected chi connectivity index (χ1v) is 8.33. The van der Waals surface area contributed by atoms with Gasteiger partial charge in [0.05, 0.1) is 4.90 Å². The lowest BCUT2D eigenvalue weighted by Crippen LogP contribution is -2.14. The third-order valence-corrected chi connectivity index (χ3v) is 4.57. The third-order valence-electron chi connectivity index (χ3n) is 2.80. The van der Waals surface area contributed by atoms with Gasteiger partial charge in [-0.15, -0.1) is 0 Å². The molecule has 0 saturated heterocycles. The number of hydrogen-bond acceptors (Lipinski definition) is 4. The Morgan fingerprint density at radius 1 is 1.14 bits per heavy atom. The molecule has 6 heteroatoms. The van der Waals surface area contributed by atoms with Crippen molar-refractivity contribution in [3.63, 3.8) is 0 Å². The molecule has 2 rings (SSSR count). The Morgan fingerprint density at radius 2 is 1.81 bits per heavy atom. The number of rotatable bonds is 5. The fourth-order valence-corrected chi connectivity index (χ4v) is 2.92. The normalized spacial score (nSPS) is 11.3. The number of aryl methyl sites for hydroxylation is 1. The quantitative estimate of drug-likeness (QED) is 0.599. The first kappa shape index (κ1) is 15.9. The van der Waals surface area contributed by atoms with Crippen LogP contribution in [0.15, 0.2) is 57.9 Å². The van der Waals surface area contributed by atoms with Crippen LogP contribution in [0, 0.1) is 6.92 Å². The summed E-state index contributed by atoms with van der Waals surface area (Å²) in [5, 5.41) is 0. The van der Waals surface area contributed by atoms with E-state index in [1.54, 1.807) is 36.4 Å². The van der Waals surface area contributed by atoms with Crippen LogP contribution in [0.5, 0.6) is 0 Å². The van der Waals surface area contributed by atoms with E-state index in [1.165, 1.54) is 12.1 Å². The van der Waals surface area contributed by atoms with Crippen LogP contribution in [0.1, 0.15) is 15.9 Å². The smallest absolute Gasteiger partial charge is 0.291 e. The Morgan fingerprint density at radius 3 is 2.43 bits per heavy atom. The molecule has 4 nitrogen and oxygen atoms in total. The molecule has 0 heterocycles. The van der Waals surface area contributed by atoms with Crippen LogP contribution in [0.2, 0.25) is 0 Å². The fraction of sp³-hybridized carbons (Fsp3) is 0.133. The SMILES string of the molecule is Cc1ccc(S(=O)(=O)OCC(=O)c2cccc(Br)c2)cc1. The highest BCUT2D eigenvalue weighted by Crippen LogP contribution is 2.15. The topological polar surface area (TPSA) is 60.4 Å². The number of Topliss-reactive ketones (excluding diaryl/α,β-unsaturated/α-hetero) is 1. The van der Waals surface area contributed by atoms with E-state index in [1.807, 2.05) is 6.92 Å². The summed E-state index contributed by atoms with van der Waals surface area (Å²) < 4.78 is 29.5. The van der Waals surface area contributed by atoms with Crippen LogP contribution in [0.3, 0.4) is 0 Å². The van der Waals surface area contributed by atoms with Crippen LogP contribution in [-0.2, 0) is 14.3 Å². The van der Waals surface area contributed by atoms with E-state index in [-0.39, 0.29) is 4.90 Å². The zero-order valence-corrected chi connectivity index (χ0v) is 13.6. The van der Waals surface area contributed by atoms with Crippen LogP contribution in [0.4, 0.5) is 0 Å². The Labute approximate surface area is 132 Å². The summed E-state index contributed by atoms with van der Waals surface area (Å²) in [6.07, 6.45) is 0. The minimum atomic E-state index is -3.92. The summed E-state index contributed by atoms with van der Waals surface area (Å²) in [6.45, 7) is 1.33. The molecule has 0 aromatic heterocycles. The first-order valence-electron chi connectivity index (χ1n) is 6.13. The molecule has 0 bridgehead atoms. The van der Waals surface area contributed by atoms with Gasteiger partial charge in [-0.25, -0.2) is 0 Å². The molecule has 0 aliphatic carbocycles. The number of benzene rings is 2. The Hall–Kier alpha value is -1.50.